The number of unbranched alkanes of at least 4 members (excludes halogenated alkanes) is 1. The molecule has 0 rings (SSSR count). The lowest BCUT2D eigenvalue weighted by Gasteiger charge is -1.86. The molecular formula is C8H12O3. The fraction of sp³-hybridized carbons (Fsp3) is 0.375. The first-order valence-corrected chi connectivity index (χ1v) is 3.47. The van der Waals surface area contributed by atoms with E-state index in [0.29, 0.717) is 0 Å². The minimum Gasteiger partial charge on any atom is -0.502 e. The standard InChI is InChI=1S/C8H12O3/c1-2-3-4-5-6-7(9)8(10)11/h4-6,9H,2-3H2,1H3,(H,10,11)/b5-4+,7-6-. The number of carboxylic acids is 1. The second-order valence-electron chi connectivity index (χ2n) is 2.07. The normalized spacial score (nSPS) is 12.3. The van der Waals surface area contributed by atoms with Gasteiger partial charge in [-0.2, -0.15) is 0 Å². The van der Waals surface area contributed by atoms with Crippen molar-refractivity contribution in [3.05, 3.63) is 24.0 Å². The highest BCUT2D eigenvalue weighted by molar-refractivity contribution is 5.83. The van der Waals surface area contributed by atoms with Crippen molar-refractivity contribution >= 4 is 5.97 Å². The molecule has 0 saturated carbocycles. The highest BCUT2D eigenvalue weighted by Gasteiger charge is 1.99. The van der Waals surface area contributed by atoms with E-state index in [4.69, 9.17) is 10.2 Å². The molecule has 3 heteroatoms. The Kier molecular flexibility index (Phi) is 4.90. The third-order valence-electron chi connectivity index (χ3n) is 1.06. The van der Waals surface area contributed by atoms with Crippen LogP contribution in [0.3, 0.4) is 0 Å². The van der Waals surface area contributed by atoms with Crippen molar-refractivity contribution in [1.82, 2.24) is 0 Å². The van der Waals surface area contributed by atoms with E-state index in [0.717, 1.165) is 18.9 Å². The van der Waals surface area contributed by atoms with Crippen molar-refractivity contribution in [3.8, 4) is 0 Å². The van der Waals surface area contributed by atoms with Crippen molar-refractivity contribution in [2.45, 2.75) is 19.8 Å². The van der Waals surface area contributed by atoms with Gasteiger partial charge in [0.1, 0.15) is 0 Å². The Morgan fingerprint density at radius 3 is 2.55 bits per heavy atom. The monoisotopic (exact) mass is 156 g/mol. The van der Waals surface area contributed by atoms with E-state index in [1.165, 1.54) is 6.08 Å². The quantitative estimate of drug-likeness (QED) is 0.371. The Bertz CT molecular complexity index is 180. The number of aliphatic hydroxyl groups is 1. The summed E-state index contributed by atoms with van der Waals surface area (Å²) < 4.78 is 0. The Labute approximate surface area is 65.7 Å². The van der Waals surface area contributed by atoms with Crippen LogP contribution < -0.4 is 0 Å². The van der Waals surface area contributed by atoms with Crippen molar-refractivity contribution in [3.63, 3.8) is 0 Å². The second-order valence-corrected chi connectivity index (χ2v) is 2.07. The van der Waals surface area contributed by atoms with Crippen molar-refractivity contribution in [2.75, 3.05) is 0 Å². The van der Waals surface area contributed by atoms with Gasteiger partial charge in [0.15, 0.2) is 0 Å². The van der Waals surface area contributed by atoms with Gasteiger partial charge < -0.3 is 10.2 Å². The van der Waals surface area contributed by atoms with Crippen LogP contribution in [0.25, 0.3) is 0 Å². The van der Waals surface area contributed by atoms with E-state index in [1.807, 2.05) is 6.92 Å². The predicted octanol–water partition coefficient (Wildman–Crippen LogP) is 1.87. The molecule has 11 heavy (non-hydrogen) atoms. The molecule has 0 amide bonds. The van der Waals surface area contributed by atoms with E-state index < -0.39 is 11.7 Å². The smallest absolute Gasteiger partial charge is 0.370 e. The van der Waals surface area contributed by atoms with E-state index in [9.17, 15) is 4.79 Å². The Hall–Kier alpha value is -1.25. The zero-order chi connectivity index (χ0) is 8.69. The molecule has 2 N–H and O–H groups in total. The lowest BCUT2D eigenvalue weighted by molar-refractivity contribution is -0.135. The number of aliphatic hydroxyl groups excluding tert-OH is 1. The Morgan fingerprint density at radius 2 is 2.09 bits per heavy atom. The van der Waals surface area contributed by atoms with E-state index in [1.54, 1.807) is 6.08 Å². The van der Waals surface area contributed by atoms with Gasteiger partial charge >= 0.3 is 5.97 Å². The SMILES string of the molecule is CCC/C=C/C=C(\O)C(=O)O. The molecule has 0 radical (unpaired) electrons. The van der Waals surface area contributed by atoms with Crippen LogP contribution in [-0.2, 0) is 4.79 Å². The molecule has 0 aromatic heterocycles. The lowest BCUT2D eigenvalue weighted by atomic mass is 10.3. The summed E-state index contributed by atoms with van der Waals surface area (Å²) in [5, 5.41) is 16.8. The molecule has 0 aromatic carbocycles. The summed E-state index contributed by atoms with van der Waals surface area (Å²) in [4.78, 5) is 10.0. The fourth-order valence-electron chi connectivity index (χ4n) is 0.493. The summed E-state index contributed by atoms with van der Waals surface area (Å²) >= 11 is 0. The van der Waals surface area contributed by atoms with Crippen molar-refractivity contribution in [2.24, 2.45) is 0 Å². The molecule has 0 aromatic rings. The molecule has 0 bridgehead atoms. The zero-order valence-electron chi connectivity index (χ0n) is 6.45. The first-order chi connectivity index (χ1) is 5.18. The molecule has 0 spiro atoms. The van der Waals surface area contributed by atoms with Gasteiger partial charge in [-0.05, 0) is 12.5 Å². The molecule has 0 unspecified atom stereocenters. The van der Waals surface area contributed by atoms with Crippen LogP contribution in [0.4, 0.5) is 0 Å². The van der Waals surface area contributed by atoms with Gasteiger partial charge in [-0.3, -0.25) is 0 Å². The third-order valence-corrected chi connectivity index (χ3v) is 1.06. The average molecular weight is 156 g/mol. The van der Waals surface area contributed by atoms with E-state index >= 15 is 0 Å². The highest BCUT2D eigenvalue weighted by atomic mass is 16.4. The van der Waals surface area contributed by atoms with Gasteiger partial charge in [-0.1, -0.05) is 25.5 Å². The number of aliphatic carboxylic acids is 1. The van der Waals surface area contributed by atoms with Crippen LogP contribution >= 0.6 is 0 Å². The van der Waals surface area contributed by atoms with Crippen LogP contribution in [0, 0.1) is 0 Å². The number of carboxylic acid groups (broad SMARTS) is 1. The topological polar surface area (TPSA) is 57.5 Å². The predicted molar refractivity (Wildman–Crippen MR) is 42.4 cm³/mol. The summed E-state index contributed by atoms with van der Waals surface area (Å²) in [6, 6.07) is 0. The molecular weight excluding hydrogens is 144 g/mol. The average Bonchev–Trinajstić information content (AvgIpc) is 1.97. The summed E-state index contributed by atoms with van der Waals surface area (Å²) in [6.07, 6.45) is 6.41. The van der Waals surface area contributed by atoms with E-state index in [-0.39, 0.29) is 0 Å². The molecule has 0 aliphatic carbocycles. The van der Waals surface area contributed by atoms with Gasteiger partial charge in [0, 0.05) is 0 Å². The fourth-order valence-corrected chi connectivity index (χ4v) is 0.493. The molecule has 0 fully saturated rings. The molecule has 0 saturated heterocycles. The minimum absolute atomic E-state index is 0.627. The molecule has 3 nitrogen and oxygen atoms in total. The third kappa shape index (κ3) is 5.21. The van der Waals surface area contributed by atoms with Crippen LogP contribution in [-0.4, -0.2) is 16.2 Å². The van der Waals surface area contributed by atoms with Crippen molar-refractivity contribution in [1.29, 1.82) is 0 Å². The molecule has 62 valence electrons. The summed E-state index contributed by atoms with van der Waals surface area (Å²) in [5.74, 6) is -1.93. The Morgan fingerprint density at radius 1 is 1.45 bits per heavy atom. The van der Waals surface area contributed by atoms with Gasteiger partial charge in [-0.25, -0.2) is 4.79 Å². The molecule has 0 atom stereocenters. The maximum Gasteiger partial charge on any atom is 0.370 e. The number of hydrogen-bond donors (Lipinski definition) is 2. The van der Waals surface area contributed by atoms with Gasteiger partial charge in [0.05, 0.1) is 0 Å². The van der Waals surface area contributed by atoms with Crippen LogP contribution in [0.1, 0.15) is 19.8 Å². The highest BCUT2D eigenvalue weighted by Crippen LogP contribution is 1.92. The van der Waals surface area contributed by atoms with Crippen LogP contribution in [0.15, 0.2) is 24.0 Å². The summed E-state index contributed by atoms with van der Waals surface area (Å²) in [7, 11) is 0. The maximum atomic E-state index is 10.0. The second kappa shape index (κ2) is 5.53. The number of allylic oxidation sites excluding steroid dienone is 3. The minimum atomic E-state index is -1.30. The largest absolute Gasteiger partial charge is 0.502 e. The summed E-state index contributed by atoms with van der Waals surface area (Å²) in [6.45, 7) is 2.02. The van der Waals surface area contributed by atoms with Crippen LogP contribution in [0.5, 0.6) is 0 Å². The summed E-state index contributed by atoms with van der Waals surface area (Å²) in [5.41, 5.74) is 0. The van der Waals surface area contributed by atoms with E-state index in [2.05, 4.69) is 0 Å². The Balaban J connectivity index is 3.81. The zero-order valence-corrected chi connectivity index (χ0v) is 6.45. The van der Waals surface area contributed by atoms with Crippen molar-refractivity contribution < 1.29 is 15.0 Å². The maximum absolute atomic E-state index is 10.0. The molecule has 0 heterocycles. The first-order valence-electron chi connectivity index (χ1n) is 3.47. The van der Waals surface area contributed by atoms with Crippen LogP contribution in [0.2, 0.25) is 0 Å². The molecule has 0 aliphatic heterocycles. The number of hydrogen-bond acceptors (Lipinski definition) is 2. The number of rotatable bonds is 4. The van der Waals surface area contributed by atoms with Gasteiger partial charge in [-0.15, -0.1) is 0 Å². The van der Waals surface area contributed by atoms with Gasteiger partial charge in [0.25, 0.3) is 0 Å². The molecule has 0 aliphatic rings. The lowest BCUT2D eigenvalue weighted by Crippen LogP contribution is -1.97. The first kappa shape index (κ1) is 9.75. The van der Waals surface area contributed by atoms with Gasteiger partial charge in [0.2, 0.25) is 5.76 Å². The number of carbonyl (C=O) groups is 1.